The summed E-state index contributed by atoms with van der Waals surface area (Å²) in [5, 5.41) is 0. The zero-order valence-corrected chi connectivity index (χ0v) is 15.5. The van der Waals surface area contributed by atoms with Crippen LogP contribution in [0.1, 0.15) is 11.3 Å². The molecular formula is C19H24N4O2S. The summed E-state index contributed by atoms with van der Waals surface area (Å²) < 4.78 is 24.6. The molecule has 6 nitrogen and oxygen atoms in total. The summed E-state index contributed by atoms with van der Waals surface area (Å²) in [7, 11) is -2.98. The van der Waals surface area contributed by atoms with Crippen molar-refractivity contribution in [2.45, 2.75) is 18.6 Å². The number of imidazole rings is 1. The molecule has 3 heterocycles. The molecule has 0 spiro atoms. The lowest BCUT2D eigenvalue weighted by atomic mass is 10.0. The van der Waals surface area contributed by atoms with Gasteiger partial charge in [0.1, 0.15) is 0 Å². The van der Waals surface area contributed by atoms with Crippen molar-refractivity contribution >= 4 is 15.9 Å². The Kier molecular flexibility index (Phi) is 4.93. The molecule has 0 amide bonds. The average molecular weight is 372 g/mol. The van der Waals surface area contributed by atoms with Gasteiger partial charge in [0.15, 0.2) is 9.84 Å². The van der Waals surface area contributed by atoms with Crippen LogP contribution in [0.5, 0.6) is 0 Å². The Morgan fingerprint density at radius 2 is 1.85 bits per heavy atom. The first kappa shape index (κ1) is 17.5. The molecule has 2 aromatic rings. The lowest BCUT2D eigenvalue weighted by molar-refractivity contribution is 0.0472. The maximum Gasteiger partial charge on any atom is 0.153 e. The Morgan fingerprint density at radius 3 is 2.58 bits per heavy atom. The van der Waals surface area contributed by atoms with Gasteiger partial charge in [-0.05, 0) is 5.56 Å². The summed E-state index contributed by atoms with van der Waals surface area (Å²) in [6.45, 7) is 3.26. The van der Waals surface area contributed by atoms with Gasteiger partial charge < -0.3 is 4.98 Å². The fourth-order valence-corrected chi connectivity index (χ4v) is 6.04. The minimum atomic E-state index is -2.98. The maximum atomic E-state index is 12.3. The summed E-state index contributed by atoms with van der Waals surface area (Å²) in [4.78, 5) is 11.8. The molecule has 7 heteroatoms. The minimum Gasteiger partial charge on any atom is -0.347 e. The van der Waals surface area contributed by atoms with Crippen LogP contribution in [0.25, 0.3) is 6.08 Å². The van der Waals surface area contributed by atoms with Gasteiger partial charge in [-0.25, -0.2) is 13.4 Å². The second kappa shape index (κ2) is 7.34. The van der Waals surface area contributed by atoms with E-state index in [-0.39, 0.29) is 23.6 Å². The van der Waals surface area contributed by atoms with E-state index in [1.54, 1.807) is 6.33 Å². The van der Waals surface area contributed by atoms with Gasteiger partial charge in [-0.2, -0.15) is 0 Å². The molecule has 2 aliphatic heterocycles. The largest absolute Gasteiger partial charge is 0.347 e. The van der Waals surface area contributed by atoms with E-state index in [1.165, 1.54) is 5.56 Å². The van der Waals surface area contributed by atoms with Gasteiger partial charge in [-0.15, -0.1) is 0 Å². The second-order valence-electron chi connectivity index (χ2n) is 7.07. The molecule has 4 rings (SSSR count). The SMILES string of the molecule is O=S1(=O)C[C@@H]2[C@H](C1)N(C/C=C/c1ccccc1)CCN2Cc1cnc[nH]1. The molecule has 0 aliphatic carbocycles. The van der Waals surface area contributed by atoms with Crippen molar-refractivity contribution in [1.29, 1.82) is 0 Å². The molecule has 0 saturated carbocycles. The molecule has 1 aromatic heterocycles. The topological polar surface area (TPSA) is 69.3 Å². The van der Waals surface area contributed by atoms with Crippen LogP contribution in [-0.2, 0) is 16.4 Å². The fraction of sp³-hybridized carbons (Fsp3) is 0.421. The second-order valence-corrected chi connectivity index (χ2v) is 9.22. The van der Waals surface area contributed by atoms with Crippen LogP contribution in [-0.4, -0.2) is 71.4 Å². The molecule has 2 aliphatic rings. The van der Waals surface area contributed by atoms with Crippen LogP contribution in [0.3, 0.4) is 0 Å². The Balaban J connectivity index is 1.45. The van der Waals surface area contributed by atoms with Gasteiger partial charge in [0, 0.05) is 50.2 Å². The number of aromatic nitrogens is 2. The van der Waals surface area contributed by atoms with Crippen LogP contribution in [0.4, 0.5) is 0 Å². The normalized spacial score (nSPS) is 26.3. The molecule has 0 radical (unpaired) electrons. The number of aromatic amines is 1. The first-order valence-electron chi connectivity index (χ1n) is 8.98. The summed E-state index contributed by atoms with van der Waals surface area (Å²) in [6, 6.07) is 10.3. The Morgan fingerprint density at radius 1 is 1.12 bits per heavy atom. The Bertz CT molecular complexity index is 849. The monoisotopic (exact) mass is 372 g/mol. The highest BCUT2D eigenvalue weighted by Gasteiger charge is 2.46. The predicted molar refractivity (Wildman–Crippen MR) is 102 cm³/mol. The molecule has 2 atom stereocenters. The summed E-state index contributed by atoms with van der Waals surface area (Å²) in [6.07, 6.45) is 7.73. The zero-order chi connectivity index (χ0) is 18.0. The Labute approximate surface area is 154 Å². The van der Waals surface area contributed by atoms with Crippen molar-refractivity contribution in [3.63, 3.8) is 0 Å². The minimum absolute atomic E-state index is 0.0576. The van der Waals surface area contributed by atoms with Crippen LogP contribution in [0, 0.1) is 0 Å². The Hall–Kier alpha value is -1.96. The average Bonchev–Trinajstić information content (AvgIpc) is 3.24. The third-order valence-electron chi connectivity index (χ3n) is 5.28. The van der Waals surface area contributed by atoms with Gasteiger partial charge in [0.25, 0.3) is 0 Å². The number of fused-ring (bicyclic) bond motifs is 1. The first-order chi connectivity index (χ1) is 12.6. The number of nitrogens with one attached hydrogen (secondary N) is 1. The fourth-order valence-electron chi connectivity index (χ4n) is 4.00. The van der Waals surface area contributed by atoms with E-state index >= 15 is 0 Å². The molecule has 0 unspecified atom stereocenters. The van der Waals surface area contributed by atoms with Crippen LogP contribution < -0.4 is 0 Å². The van der Waals surface area contributed by atoms with Crippen molar-refractivity contribution in [2.24, 2.45) is 0 Å². The highest BCUT2D eigenvalue weighted by Crippen LogP contribution is 2.28. The maximum absolute atomic E-state index is 12.3. The number of sulfone groups is 1. The van der Waals surface area contributed by atoms with Crippen molar-refractivity contribution in [3.05, 3.63) is 60.2 Å². The number of hydrogen-bond donors (Lipinski definition) is 1. The van der Waals surface area contributed by atoms with E-state index < -0.39 is 9.84 Å². The molecule has 0 bridgehead atoms. The number of nitrogens with zero attached hydrogens (tertiary/aromatic N) is 3. The summed E-state index contributed by atoms with van der Waals surface area (Å²) in [5.41, 5.74) is 2.20. The van der Waals surface area contributed by atoms with Crippen molar-refractivity contribution in [1.82, 2.24) is 19.8 Å². The van der Waals surface area contributed by atoms with E-state index in [0.29, 0.717) is 0 Å². The van der Waals surface area contributed by atoms with Crippen LogP contribution in [0.2, 0.25) is 0 Å². The lowest BCUT2D eigenvalue weighted by Gasteiger charge is -2.43. The highest BCUT2D eigenvalue weighted by atomic mass is 32.2. The number of benzene rings is 1. The zero-order valence-electron chi connectivity index (χ0n) is 14.7. The van der Waals surface area contributed by atoms with Gasteiger partial charge >= 0.3 is 0 Å². The predicted octanol–water partition coefficient (Wildman–Crippen LogP) is 1.41. The molecule has 1 N–H and O–H groups in total. The standard InChI is InChI=1S/C19H24N4O2S/c24-26(25)13-18-19(14-26)23(12-17-11-20-15-21-17)10-9-22(18)8-4-7-16-5-2-1-3-6-16/h1-7,11,15,18-19H,8-10,12-14H2,(H,20,21)/b7-4+/t18-,19+/m0/s1. The molecule has 138 valence electrons. The smallest absolute Gasteiger partial charge is 0.153 e. The van der Waals surface area contributed by atoms with E-state index in [2.05, 4.69) is 44.1 Å². The van der Waals surface area contributed by atoms with Gasteiger partial charge in [0.05, 0.1) is 17.8 Å². The lowest BCUT2D eigenvalue weighted by Crippen LogP contribution is -2.58. The highest BCUT2D eigenvalue weighted by molar-refractivity contribution is 7.91. The molecule has 1 aromatic carbocycles. The summed E-state index contributed by atoms with van der Waals surface area (Å²) in [5.74, 6) is 0.515. The molecule has 26 heavy (non-hydrogen) atoms. The van der Waals surface area contributed by atoms with E-state index in [4.69, 9.17) is 0 Å². The quantitative estimate of drug-likeness (QED) is 0.859. The van der Waals surface area contributed by atoms with Gasteiger partial charge in [0.2, 0.25) is 0 Å². The molecular weight excluding hydrogens is 348 g/mol. The van der Waals surface area contributed by atoms with E-state index in [9.17, 15) is 8.42 Å². The summed E-state index contributed by atoms with van der Waals surface area (Å²) >= 11 is 0. The molecule has 2 saturated heterocycles. The van der Waals surface area contributed by atoms with Crippen molar-refractivity contribution in [2.75, 3.05) is 31.1 Å². The first-order valence-corrected chi connectivity index (χ1v) is 10.8. The third-order valence-corrected chi connectivity index (χ3v) is 6.98. The van der Waals surface area contributed by atoms with Gasteiger partial charge in [-0.3, -0.25) is 9.80 Å². The van der Waals surface area contributed by atoms with Crippen molar-refractivity contribution < 1.29 is 8.42 Å². The van der Waals surface area contributed by atoms with Crippen LogP contribution >= 0.6 is 0 Å². The number of hydrogen-bond acceptors (Lipinski definition) is 5. The molecule has 2 fully saturated rings. The third kappa shape index (κ3) is 3.90. The number of rotatable bonds is 5. The van der Waals surface area contributed by atoms with E-state index in [0.717, 1.165) is 31.9 Å². The van der Waals surface area contributed by atoms with Crippen LogP contribution in [0.15, 0.2) is 48.9 Å². The van der Waals surface area contributed by atoms with E-state index in [1.807, 2.05) is 24.4 Å². The van der Waals surface area contributed by atoms with Crippen molar-refractivity contribution in [3.8, 4) is 0 Å². The number of piperazine rings is 1. The van der Waals surface area contributed by atoms with Gasteiger partial charge in [-0.1, -0.05) is 42.5 Å². The number of H-pyrrole nitrogens is 1.